The van der Waals surface area contributed by atoms with Crippen LogP contribution in [-0.2, 0) is 0 Å². The molecule has 1 heterocycles. The van der Waals surface area contributed by atoms with Gasteiger partial charge in [-0.1, -0.05) is 0 Å². The maximum atomic E-state index is 11.9. The second-order valence-corrected chi connectivity index (χ2v) is 3.29. The number of nitrogens with two attached hydrogens (primary N) is 1. The van der Waals surface area contributed by atoms with E-state index in [-0.39, 0.29) is 11.4 Å². The van der Waals surface area contributed by atoms with Crippen LogP contribution >= 0.6 is 0 Å². The van der Waals surface area contributed by atoms with Gasteiger partial charge in [0.1, 0.15) is 5.75 Å². The van der Waals surface area contributed by atoms with Crippen LogP contribution in [0, 0.1) is 0 Å². The van der Waals surface area contributed by atoms with E-state index in [1.807, 2.05) is 0 Å². The highest BCUT2D eigenvalue weighted by Gasteiger charge is 2.04. The van der Waals surface area contributed by atoms with Gasteiger partial charge >= 0.3 is 0 Å². The molecule has 88 valence electrons. The summed E-state index contributed by atoms with van der Waals surface area (Å²) in [5, 5.41) is 0. The van der Waals surface area contributed by atoms with Crippen molar-refractivity contribution in [3.63, 3.8) is 0 Å². The Balaban J connectivity index is 2.49. The molecule has 0 unspecified atom stereocenters. The van der Waals surface area contributed by atoms with Crippen LogP contribution in [0.2, 0.25) is 0 Å². The number of ether oxygens (including phenoxy) is 1. The van der Waals surface area contributed by atoms with Gasteiger partial charge in [0, 0.05) is 18.1 Å². The Hall–Kier alpha value is -2.34. The van der Waals surface area contributed by atoms with Gasteiger partial charge in [-0.15, -0.1) is 0 Å². The molecule has 0 bridgehead atoms. The van der Waals surface area contributed by atoms with E-state index in [0.717, 1.165) is 11.4 Å². The molecule has 1 aromatic carbocycles. The fraction of sp³-hybridized carbons (Fsp3) is 0.0909. The molecule has 17 heavy (non-hydrogen) atoms. The predicted octanol–water partition coefficient (Wildman–Crippen LogP) is 0.527. The molecular weight excluding hydrogens is 220 g/mol. The van der Waals surface area contributed by atoms with Gasteiger partial charge in [-0.05, 0) is 24.3 Å². The summed E-state index contributed by atoms with van der Waals surface area (Å²) in [7, 11) is 1.59. The van der Waals surface area contributed by atoms with Crippen molar-refractivity contribution >= 4 is 5.82 Å². The van der Waals surface area contributed by atoms with Crippen LogP contribution in [0.3, 0.4) is 0 Å². The van der Waals surface area contributed by atoms with E-state index in [0.29, 0.717) is 0 Å². The summed E-state index contributed by atoms with van der Waals surface area (Å²) in [5.41, 5.74) is 2.67. The number of nitrogens with zero attached hydrogens (tertiary/aromatic N) is 2. The van der Waals surface area contributed by atoms with Crippen LogP contribution < -0.4 is 21.6 Å². The maximum Gasteiger partial charge on any atom is 0.299 e. The number of hydrogen-bond acceptors (Lipinski definition) is 5. The Labute approximate surface area is 97.6 Å². The summed E-state index contributed by atoms with van der Waals surface area (Å²) < 4.78 is 6.49. The number of methoxy groups -OCH3 is 1. The standard InChI is InChI=1S/C11H12N4O2/c1-17-9-4-2-8(3-5-9)15-7-6-13-10(14-12)11(15)16/h2-7H,12H2,1H3,(H,13,14). The van der Waals surface area contributed by atoms with E-state index in [4.69, 9.17) is 10.6 Å². The Kier molecular flexibility index (Phi) is 3.06. The molecule has 2 aromatic rings. The largest absolute Gasteiger partial charge is 0.497 e. The van der Waals surface area contributed by atoms with Crippen molar-refractivity contribution in [3.8, 4) is 11.4 Å². The molecule has 3 N–H and O–H groups in total. The summed E-state index contributed by atoms with van der Waals surface area (Å²) in [6.45, 7) is 0. The zero-order chi connectivity index (χ0) is 12.3. The second-order valence-electron chi connectivity index (χ2n) is 3.29. The lowest BCUT2D eigenvalue weighted by molar-refractivity contribution is 0.414. The van der Waals surface area contributed by atoms with Crippen molar-refractivity contribution in [2.75, 3.05) is 12.5 Å². The summed E-state index contributed by atoms with van der Waals surface area (Å²) in [6.07, 6.45) is 3.08. The van der Waals surface area contributed by atoms with Gasteiger partial charge in [0.25, 0.3) is 5.56 Å². The molecule has 0 aliphatic rings. The fourth-order valence-electron chi connectivity index (χ4n) is 1.46. The summed E-state index contributed by atoms with van der Waals surface area (Å²) in [6, 6.07) is 7.11. The highest BCUT2D eigenvalue weighted by molar-refractivity contribution is 5.40. The van der Waals surface area contributed by atoms with Gasteiger partial charge in [-0.3, -0.25) is 9.36 Å². The smallest absolute Gasteiger partial charge is 0.299 e. The van der Waals surface area contributed by atoms with Crippen molar-refractivity contribution in [1.29, 1.82) is 0 Å². The number of anilines is 1. The summed E-state index contributed by atoms with van der Waals surface area (Å²) in [5.74, 6) is 6.03. The third kappa shape index (κ3) is 2.11. The van der Waals surface area contributed by atoms with E-state index in [2.05, 4.69) is 10.4 Å². The molecule has 0 saturated carbocycles. The third-order valence-corrected chi connectivity index (χ3v) is 2.33. The lowest BCUT2D eigenvalue weighted by atomic mass is 10.3. The SMILES string of the molecule is COc1ccc(-n2ccnc(NN)c2=O)cc1. The van der Waals surface area contributed by atoms with E-state index in [1.165, 1.54) is 10.8 Å². The van der Waals surface area contributed by atoms with Crippen LogP contribution in [-0.4, -0.2) is 16.7 Å². The maximum absolute atomic E-state index is 11.9. The number of hydrogen-bond donors (Lipinski definition) is 2. The van der Waals surface area contributed by atoms with Gasteiger partial charge < -0.3 is 10.2 Å². The van der Waals surface area contributed by atoms with Crippen LogP contribution in [0.4, 0.5) is 5.82 Å². The molecular formula is C11H12N4O2. The Bertz CT molecular complexity index is 562. The van der Waals surface area contributed by atoms with Gasteiger partial charge in [0.15, 0.2) is 0 Å². The number of benzene rings is 1. The first-order chi connectivity index (χ1) is 8.26. The van der Waals surface area contributed by atoms with E-state index >= 15 is 0 Å². The molecule has 0 fully saturated rings. The van der Waals surface area contributed by atoms with Gasteiger partial charge in [0.05, 0.1) is 7.11 Å². The number of aromatic nitrogens is 2. The predicted molar refractivity (Wildman–Crippen MR) is 64.2 cm³/mol. The minimum Gasteiger partial charge on any atom is -0.497 e. The highest BCUT2D eigenvalue weighted by Crippen LogP contribution is 2.13. The van der Waals surface area contributed by atoms with E-state index in [1.54, 1.807) is 37.6 Å². The van der Waals surface area contributed by atoms with Crippen molar-refractivity contribution in [2.45, 2.75) is 0 Å². The van der Waals surface area contributed by atoms with E-state index < -0.39 is 0 Å². The van der Waals surface area contributed by atoms with Gasteiger partial charge in [-0.2, -0.15) is 0 Å². The Morgan fingerprint density at radius 3 is 2.65 bits per heavy atom. The monoisotopic (exact) mass is 232 g/mol. The van der Waals surface area contributed by atoms with Crippen LogP contribution in [0.25, 0.3) is 5.69 Å². The van der Waals surface area contributed by atoms with Gasteiger partial charge in [-0.25, -0.2) is 10.8 Å². The average molecular weight is 232 g/mol. The lowest BCUT2D eigenvalue weighted by Gasteiger charge is -2.07. The fourth-order valence-corrected chi connectivity index (χ4v) is 1.46. The first kappa shape index (κ1) is 11.2. The van der Waals surface area contributed by atoms with Crippen molar-refractivity contribution in [2.24, 2.45) is 5.84 Å². The molecule has 0 atom stereocenters. The molecule has 6 nitrogen and oxygen atoms in total. The number of rotatable bonds is 3. The number of nitrogen functional groups attached to an aromatic ring is 1. The topological polar surface area (TPSA) is 82.2 Å². The zero-order valence-corrected chi connectivity index (χ0v) is 9.25. The lowest BCUT2D eigenvalue weighted by Crippen LogP contribution is -2.25. The van der Waals surface area contributed by atoms with Gasteiger partial charge in [0.2, 0.25) is 5.82 Å². The van der Waals surface area contributed by atoms with Crippen LogP contribution in [0.15, 0.2) is 41.5 Å². The van der Waals surface area contributed by atoms with Crippen molar-refractivity contribution in [3.05, 3.63) is 47.0 Å². The zero-order valence-electron chi connectivity index (χ0n) is 9.25. The second kappa shape index (κ2) is 4.67. The molecule has 0 radical (unpaired) electrons. The first-order valence-electron chi connectivity index (χ1n) is 4.95. The number of nitrogens with one attached hydrogen (secondary N) is 1. The highest BCUT2D eigenvalue weighted by atomic mass is 16.5. The van der Waals surface area contributed by atoms with Crippen LogP contribution in [0.5, 0.6) is 5.75 Å². The van der Waals surface area contributed by atoms with Crippen molar-refractivity contribution < 1.29 is 4.74 Å². The quantitative estimate of drug-likeness (QED) is 0.595. The molecule has 0 spiro atoms. The van der Waals surface area contributed by atoms with E-state index in [9.17, 15) is 4.79 Å². The molecule has 0 saturated heterocycles. The third-order valence-electron chi connectivity index (χ3n) is 2.33. The Morgan fingerprint density at radius 2 is 2.06 bits per heavy atom. The van der Waals surface area contributed by atoms with Crippen molar-refractivity contribution in [1.82, 2.24) is 9.55 Å². The summed E-state index contributed by atoms with van der Waals surface area (Å²) in [4.78, 5) is 15.7. The molecule has 1 aromatic heterocycles. The average Bonchev–Trinajstić information content (AvgIpc) is 2.39. The molecule has 6 heteroatoms. The Morgan fingerprint density at radius 1 is 1.35 bits per heavy atom. The normalized spacial score (nSPS) is 10.0. The molecule has 2 rings (SSSR count). The molecule has 0 amide bonds. The number of hydrazine groups is 1. The minimum atomic E-state index is -0.305. The molecule has 0 aliphatic carbocycles. The summed E-state index contributed by atoms with van der Waals surface area (Å²) >= 11 is 0. The first-order valence-corrected chi connectivity index (χ1v) is 4.95. The van der Waals surface area contributed by atoms with Crippen LogP contribution in [0.1, 0.15) is 0 Å². The minimum absolute atomic E-state index is 0.100. The molecule has 0 aliphatic heterocycles.